The molecular weight excluding hydrogens is 254 g/mol. The Kier molecular flexibility index (Phi) is 6.74. The average molecular weight is 281 g/mol. The Morgan fingerprint density at radius 1 is 1.38 bits per heavy atom. The summed E-state index contributed by atoms with van der Waals surface area (Å²) < 4.78 is 0. The molecule has 0 unspecified atom stereocenters. The maximum absolute atomic E-state index is 4.20. The number of nitrogens with one attached hydrogen (secondary N) is 1. The monoisotopic (exact) mass is 281 g/mol. The highest BCUT2D eigenvalue weighted by Gasteiger charge is 2.21. The number of hydrogen-bond donors (Lipinski definition) is 1. The minimum absolute atomic E-state index is 0.923. The Hall–Kier alpha value is -2.02. The molecule has 0 amide bonds. The summed E-state index contributed by atoms with van der Waals surface area (Å²) in [5, 5.41) is 3.53. The van der Waals surface area contributed by atoms with E-state index in [4.69, 9.17) is 0 Å². The SMILES string of the molecule is C=C/C=C1/CC(/C(=C\CC)N/C(C)=C/C=C\C)=C(C)C1=C. The van der Waals surface area contributed by atoms with Crippen molar-refractivity contribution in [2.45, 2.75) is 40.5 Å². The van der Waals surface area contributed by atoms with Gasteiger partial charge >= 0.3 is 0 Å². The molecule has 112 valence electrons. The molecule has 0 radical (unpaired) electrons. The summed E-state index contributed by atoms with van der Waals surface area (Å²) >= 11 is 0. The summed E-state index contributed by atoms with van der Waals surface area (Å²) in [7, 11) is 0. The Labute approximate surface area is 129 Å². The fourth-order valence-corrected chi connectivity index (χ4v) is 2.40. The molecule has 0 bridgehead atoms. The van der Waals surface area contributed by atoms with Gasteiger partial charge in [0, 0.05) is 17.8 Å². The second-order valence-electron chi connectivity index (χ2n) is 5.21. The third kappa shape index (κ3) is 4.49. The third-order valence-electron chi connectivity index (χ3n) is 3.58. The molecule has 1 heteroatoms. The minimum atomic E-state index is 0.923. The largest absolute Gasteiger partial charge is 0.359 e. The van der Waals surface area contributed by atoms with Crippen LogP contribution in [0.2, 0.25) is 0 Å². The molecule has 0 atom stereocenters. The van der Waals surface area contributed by atoms with Crippen molar-refractivity contribution in [2.75, 3.05) is 0 Å². The first-order chi connectivity index (χ1) is 10.0. The van der Waals surface area contributed by atoms with Gasteiger partial charge in [0.25, 0.3) is 0 Å². The van der Waals surface area contributed by atoms with E-state index in [2.05, 4.69) is 57.5 Å². The molecule has 0 aromatic rings. The van der Waals surface area contributed by atoms with Gasteiger partial charge in [-0.25, -0.2) is 0 Å². The summed E-state index contributed by atoms with van der Waals surface area (Å²) in [5.41, 5.74) is 7.33. The van der Waals surface area contributed by atoms with Gasteiger partial charge in [0.05, 0.1) is 0 Å². The van der Waals surface area contributed by atoms with Crippen LogP contribution in [-0.4, -0.2) is 0 Å². The zero-order valence-electron chi connectivity index (χ0n) is 13.8. The van der Waals surface area contributed by atoms with Gasteiger partial charge in [-0.2, -0.15) is 0 Å². The molecule has 0 aliphatic heterocycles. The molecule has 0 aromatic heterocycles. The fourth-order valence-electron chi connectivity index (χ4n) is 2.40. The van der Waals surface area contributed by atoms with Crippen molar-refractivity contribution in [3.05, 3.63) is 83.3 Å². The zero-order valence-corrected chi connectivity index (χ0v) is 13.8. The van der Waals surface area contributed by atoms with Crippen LogP contribution in [0.4, 0.5) is 0 Å². The van der Waals surface area contributed by atoms with Crippen molar-refractivity contribution >= 4 is 0 Å². The first kappa shape index (κ1) is 17.0. The lowest BCUT2D eigenvalue weighted by Crippen LogP contribution is -2.12. The third-order valence-corrected chi connectivity index (χ3v) is 3.58. The van der Waals surface area contributed by atoms with Gasteiger partial charge in [0.2, 0.25) is 0 Å². The van der Waals surface area contributed by atoms with Gasteiger partial charge in [-0.3, -0.25) is 0 Å². The zero-order chi connectivity index (χ0) is 15.8. The lowest BCUT2D eigenvalue weighted by molar-refractivity contribution is 0.939. The first-order valence-electron chi connectivity index (χ1n) is 7.53. The highest BCUT2D eigenvalue weighted by atomic mass is 14.9. The van der Waals surface area contributed by atoms with Gasteiger partial charge < -0.3 is 5.32 Å². The summed E-state index contributed by atoms with van der Waals surface area (Å²) in [6.45, 7) is 16.4. The van der Waals surface area contributed by atoms with E-state index in [1.807, 2.05) is 25.2 Å². The van der Waals surface area contributed by atoms with Crippen molar-refractivity contribution in [1.82, 2.24) is 5.32 Å². The summed E-state index contributed by atoms with van der Waals surface area (Å²) in [6, 6.07) is 0. The van der Waals surface area contributed by atoms with Crippen LogP contribution >= 0.6 is 0 Å². The molecule has 0 fully saturated rings. The topological polar surface area (TPSA) is 12.0 Å². The highest BCUT2D eigenvalue weighted by Crippen LogP contribution is 2.38. The van der Waals surface area contributed by atoms with Crippen molar-refractivity contribution in [3.63, 3.8) is 0 Å². The quantitative estimate of drug-likeness (QED) is 0.612. The molecule has 1 aliphatic rings. The molecule has 21 heavy (non-hydrogen) atoms. The van der Waals surface area contributed by atoms with E-state index in [0.29, 0.717) is 0 Å². The molecule has 0 saturated heterocycles. The normalized spacial score (nSPS) is 19.0. The minimum Gasteiger partial charge on any atom is -0.359 e. The standard InChI is InChI=1S/C20H27N/c1-7-10-13-15(4)21-20(12-9-3)19-14-18(11-8-2)16(5)17(19)6/h7-8,10-13,21H,2,5,9,14H2,1,3-4,6H3/b10-7-,15-13+,18-11-,20-12+. The maximum atomic E-state index is 4.20. The van der Waals surface area contributed by atoms with Crippen molar-refractivity contribution < 1.29 is 0 Å². The number of allylic oxidation sites excluding steroid dienone is 11. The van der Waals surface area contributed by atoms with Crippen LogP contribution in [0.25, 0.3) is 0 Å². The van der Waals surface area contributed by atoms with E-state index in [1.54, 1.807) is 0 Å². The van der Waals surface area contributed by atoms with Gasteiger partial charge in [0.1, 0.15) is 0 Å². The Morgan fingerprint density at radius 3 is 2.67 bits per heavy atom. The van der Waals surface area contributed by atoms with E-state index in [9.17, 15) is 0 Å². The van der Waals surface area contributed by atoms with Gasteiger partial charge in [0.15, 0.2) is 0 Å². The van der Waals surface area contributed by atoms with Crippen LogP contribution in [0.3, 0.4) is 0 Å². The van der Waals surface area contributed by atoms with Crippen molar-refractivity contribution in [1.29, 1.82) is 0 Å². The van der Waals surface area contributed by atoms with Crippen LogP contribution in [0.5, 0.6) is 0 Å². The van der Waals surface area contributed by atoms with E-state index >= 15 is 0 Å². The summed E-state index contributed by atoms with van der Waals surface area (Å²) in [6.07, 6.45) is 14.2. The van der Waals surface area contributed by atoms with E-state index in [0.717, 1.165) is 24.1 Å². The van der Waals surface area contributed by atoms with Crippen LogP contribution < -0.4 is 5.32 Å². The Morgan fingerprint density at radius 2 is 2.10 bits per heavy atom. The van der Waals surface area contributed by atoms with E-state index < -0.39 is 0 Å². The Bertz CT molecular complexity index is 563. The van der Waals surface area contributed by atoms with Crippen LogP contribution in [-0.2, 0) is 0 Å². The molecule has 0 aromatic carbocycles. The maximum Gasteiger partial charge on any atom is 0.0379 e. The van der Waals surface area contributed by atoms with E-state index in [1.165, 1.54) is 22.4 Å². The molecule has 0 saturated carbocycles. The molecule has 1 aliphatic carbocycles. The second kappa shape index (κ2) is 8.31. The average Bonchev–Trinajstić information content (AvgIpc) is 2.73. The predicted octanol–water partition coefficient (Wildman–Crippen LogP) is 5.74. The lowest BCUT2D eigenvalue weighted by Gasteiger charge is -2.13. The smallest absolute Gasteiger partial charge is 0.0379 e. The molecule has 1 nitrogen and oxygen atoms in total. The molecule has 0 heterocycles. The van der Waals surface area contributed by atoms with Crippen molar-refractivity contribution in [3.8, 4) is 0 Å². The van der Waals surface area contributed by atoms with Crippen LogP contribution in [0.1, 0.15) is 40.5 Å². The molecule has 1 N–H and O–H groups in total. The van der Waals surface area contributed by atoms with Gasteiger partial charge in [-0.1, -0.05) is 50.5 Å². The lowest BCUT2D eigenvalue weighted by atomic mass is 10.1. The van der Waals surface area contributed by atoms with Gasteiger partial charge in [-0.05, 0) is 55.6 Å². The van der Waals surface area contributed by atoms with Gasteiger partial charge in [-0.15, -0.1) is 0 Å². The molecular formula is C20H27N. The molecule has 0 spiro atoms. The molecule has 1 rings (SSSR count). The van der Waals surface area contributed by atoms with E-state index in [-0.39, 0.29) is 0 Å². The Balaban J connectivity index is 3.08. The number of rotatable bonds is 6. The second-order valence-corrected chi connectivity index (χ2v) is 5.21. The van der Waals surface area contributed by atoms with Crippen LogP contribution in [0, 0.1) is 0 Å². The summed E-state index contributed by atoms with van der Waals surface area (Å²) in [4.78, 5) is 0. The fraction of sp³-hybridized carbons (Fsp3) is 0.300. The first-order valence-corrected chi connectivity index (χ1v) is 7.53. The highest BCUT2D eigenvalue weighted by molar-refractivity contribution is 5.60. The summed E-state index contributed by atoms with van der Waals surface area (Å²) in [5.74, 6) is 0. The van der Waals surface area contributed by atoms with Crippen molar-refractivity contribution in [2.24, 2.45) is 0 Å². The number of hydrogen-bond acceptors (Lipinski definition) is 1. The van der Waals surface area contributed by atoms with Crippen LogP contribution in [0.15, 0.2) is 83.3 Å². The predicted molar refractivity (Wildman–Crippen MR) is 94.8 cm³/mol.